The van der Waals surface area contributed by atoms with Crippen molar-refractivity contribution in [2.45, 2.75) is 38.8 Å². The van der Waals surface area contributed by atoms with Gasteiger partial charge in [-0.15, -0.1) is 0 Å². The number of aromatic nitrogens is 2. The molecule has 1 atom stereocenters. The lowest BCUT2D eigenvalue weighted by Crippen LogP contribution is -2.47. The number of aryl methyl sites for hydroxylation is 2. The smallest absolute Gasteiger partial charge is 0.0777 e. The topological polar surface area (TPSA) is 30.3 Å². The zero-order valence-electron chi connectivity index (χ0n) is 11.7. The first-order chi connectivity index (χ1) is 8.45. The molecule has 0 radical (unpaired) electrons. The van der Waals surface area contributed by atoms with E-state index in [0.717, 1.165) is 36.2 Å². The highest BCUT2D eigenvalue weighted by molar-refractivity contribution is 9.10. The van der Waals surface area contributed by atoms with Gasteiger partial charge in [0.05, 0.1) is 21.5 Å². The van der Waals surface area contributed by atoms with E-state index in [9.17, 15) is 0 Å². The third-order valence-electron chi connectivity index (χ3n) is 3.87. The van der Waals surface area contributed by atoms with Crippen LogP contribution in [0.15, 0.2) is 4.47 Å². The summed E-state index contributed by atoms with van der Waals surface area (Å²) in [5, 5.41) is 4.44. The fourth-order valence-corrected chi connectivity index (χ4v) is 3.13. The number of ether oxygens (including phenoxy) is 1. The van der Waals surface area contributed by atoms with E-state index in [4.69, 9.17) is 4.74 Å². The zero-order valence-corrected chi connectivity index (χ0v) is 13.2. The van der Waals surface area contributed by atoms with Gasteiger partial charge < -0.3 is 4.74 Å². The van der Waals surface area contributed by atoms with Crippen LogP contribution in [-0.4, -0.2) is 40.5 Å². The Bertz CT molecular complexity index is 432. The van der Waals surface area contributed by atoms with Crippen molar-refractivity contribution >= 4 is 15.9 Å². The lowest BCUT2D eigenvalue weighted by molar-refractivity contribution is -0.0531. The van der Waals surface area contributed by atoms with E-state index in [-0.39, 0.29) is 5.60 Å². The molecule has 0 amide bonds. The van der Waals surface area contributed by atoms with Crippen molar-refractivity contribution in [2.75, 3.05) is 20.2 Å². The maximum atomic E-state index is 5.64. The minimum atomic E-state index is -0.00162. The number of nitrogens with zero attached hydrogens (tertiary/aromatic N) is 3. The van der Waals surface area contributed by atoms with Gasteiger partial charge in [0.25, 0.3) is 0 Å². The van der Waals surface area contributed by atoms with Crippen LogP contribution < -0.4 is 0 Å². The highest BCUT2D eigenvalue weighted by Crippen LogP contribution is 2.27. The van der Waals surface area contributed by atoms with Gasteiger partial charge in [-0.25, -0.2) is 0 Å². The zero-order chi connectivity index (χ0) is 13.3. The van der Waals surface area contributed by atoms with Crippen LogP contribution in [0.4, 0.5) is 0 Å². The Balaban J connectivity index is 2.09. The Hall–Kier alpha value is -0.390. The van der Waals surface area contributed by atoms with E-state index < -0.39 is 0 Å². The molecule has 2 rings (SSSR count). The summed E-state index contributed by atoms with van der Waals surface area (Å²) in [7, 11) is 3.82. The van der Waals surface area contributed by atoms with Gasteiger partial charge in [0, 0.05) is 27.2 Å². The standard InChI is InChI=1S/C13H22BrN3O/c1-10-12(14)11(16(3)15-10)8-17-7-5-6-13(2,9-17)18-4/h5-9H2,1-4H3. The van der Waals surface area contributed by atoms with Crippen LogP contribution in [0.5, 0.6) is 0 Å². The third kappa shape index (κ3) is 2.78. The van der Waals surface area contributed by atoms with Crippen molar-refractivity contribution in [1.29, 1.82) is 0 Å². The molecule has 0 spiro atoms. The maximum Gasteiger partial charge on any atom is 0.0777 e. The summed E-state index contributed by atoms with van der Waals surface area (Å²) < 4.78 is 8.74. The molecule has 1 aromatic heterocycles. The van der Waals surface area contributed by atoms with E-state index in [2.05, 4.69) is 32.9 Å². The molecular weight excluding hydrogens is 294 g/mol. The SMILES string of the molecule is COC1(C)CCCN(Cc2c(Br)c(C)nn2C)C1. The third-order valence-corrected chi connectivity index (χ3v) is 4.90. The van der Waals surface area contributed by atoms with Gasteiger partial charge >= 0.3 is 0 Å². The average molecular weight is 316 g/mol. The fourth-order valence-electron chi connectivity index (χ4n) is 2.67. The van der Waals surface area contributed by atoms with E-state index in [1.54, 1.807) is 0 Å². The fraction of sp³-hybridized carbons (Fsp3) is 0.769. The lowest BCUT2D eigenvalue weighted by atomic mass is 9.94. The first-order valence-electron chi connectivity index (χ1n) is 6.41. The maximum absolute atomic E-state index is 5.64. The molecule has 0 aliphatic carbocycles. The van der Waals surface area contributed by atoms with Crippen molar-refractivity contribution in [3.05, 3.63) is 15.9 Å². The molecular formula is C13H22BrN3O. The summed E-state index contributed by atoms with van der Waals surface area (Å²) in [6.07, 6.45) is 2.34. The summed E-state index contributed by atoms with van der Waals surface area (Å²) in [4.78, 5) is 2.45. The van der Waals surface area contributed by atoms with E-state index in [1.165, 1.54) is 12.1 Å². The number of halogens is 1. The molecule has 4 nitrogen and oxygen atoms in total. The molecule has 1 saturated heterocycles. The van der Waals surface area contributed by atoms with Crippen molar-refractivity contribution in [1.82, 2.24) is 14.7 Å². The van der Waals surface area contributed by atoms with Crippen LogP contribution in [0, 0.1) is 6.92 Å². The van der Waals surface area contributed by atoms with E-state index in [0.29, 0.717) is 0 Å². The average Bonchev–Trinajstić information content (AvgIpc) is 2.56. The number of piperidine rings is 1. The molecule has 0 aromatic carbocycles. The number of methoxy groups -OCH3 is 1. The van der Waals surface area contributed by atoms with Crippen LogP contribution in [0.3, 0.4) is 0 Å². The highest BCUT2D eigenvalue weighted by atomic mass is 79.9. The molecule has 1 unspecified atom stereocenters. The van der Waals surface area contributed by atoms with Gasteiger partial charge in [0.15, 0.2) is 0 Å². The quantitative estimate of drug-likeness (QED) is 0.858. The summed E-state index contributed by atoms with van der Waals surface area (Å²) >= 11 is 3.63. The summed E-state index contributed by atoms with van der Waals surface area (Å²) in [5.74, 6) is 0. The molecule has 18 heavy (non-hydrogen) atoms. The minimum absolute atomic E-state index is 0.00162. The molecule has 1 fully saturated rings. The monoisotopic (exact) mass is 315 g/mol. The van der Waals surface area contributed by atoms with Crippen molar-refractivity contribution in [3.63, 3.8) is 0 Å². The molecule has 0 bridgehead atoms. The van der Waals surface area contributed by atoms with Crippen molar-refractivity contribution in [2.24, 2.45) is 7.05 Å². The Kier molecular flexibility index (Phi) is 4.14. The summed E-state index contributed by atoms with van der Waals surface area (Å²) in [6, 6.07) is 0. The second-order valence-electron chi connectivity index (χ2n) is 5.44. The Morgan fingerprint density at radius 1 is 1.50 bits per heavy atom. The van der Waals surface area contributed by atoms with Crippen LogP contribution in [-0.2, 0) is 18.3 Å². The lowest BCUT2D eigenvalue weighted by Gasteiger charge is -2.39. The van der Waals surface area contributed by atoms with Gasteiger partial charge in [-0.05, 0) is 49.2 Å². The molecule has 1 aromatic rings. The Morgan fingerprint density at radius 3 is 2.78 bits per heavy atom. The minimum Gasteiger partial charge on any atom is -0.377 e. The van der Waals surface area contributed by atoms with E-state index >= 15 is 0 Å². The predicted molar refractivity (Wildman–Crippen MR) is 75.6 cm³/mol. The first-order valence-corrected chi connectivity index (χ1v) is 7.20. The number of hydrogen-bond acceptors (Lipinski definition) is 3. The molecule has 2 heterocycles. The van der Waals surface area contributed by atoms with Crippen LogP contribution in [0.25, 0.3) is 0 Å². The number of hydrogen-bond donors (Lipinski definition) is 0. The molecule has 0 N–H and O–H groups in total. The summed E-state index contributed by atoms with van der Waals surface area (Å²) in [5.41, 5.74) is 2.30. The second kappa shape index (κ2) is 5.31. The predicted octanol–water partition coefficient (Wildman–Crippen LogP) is 2.49. The molecule has 1 aliphatic heterocycles. The Morgan fingerprint density at radius 2 is 2.22 bits per heavy atom. The molecule has 1 aliphatic rings. The highest BCUT2D eigenvalue weighted by Gasteiger charge is 2.31. The van der Waals surface area contributed by atoms with Crippen molar-refractivity contribution < 1.29 is 4.74 Å². The summed E-state index contributed by atoms with van der Waals surface area (Å²) in [6.45, 7) is 7.28. The van der Waals surface area contributed by atoms with Gasteiger partial charge in [0.1, 0.15) is 0 Å². The second-order valence-corrected chi connectivity index (χ2v) is 6.23. The first kappa shape index (κ1) is 14.0. The van der Waals surface area contributed by atoms with Gasteiger partial charge in [-0.1, -0.05) is 0 Å². The van der Waals surface area contributed by atoms with Gasteiger partial charge in [-0.2, -0.15) is 5.10 Å². The molecule has 102 valence electrons. The molecule has 0 saturated carbocycles. The largest absolute Gasteiger partial charge is 0.377 e. The van der Waals surface area contributed by atoms with Crippen LogP contribution in [0.2, 0.25) is 0 Å². The van der Waals surface area contributed by atoms with E-state index in [1.807, 2.05) is 25.8 Å². The van der Waals surface area contributed by atoms with Crippen LogP contribution in [0.1, 0.15) is 31.2 Å². The Labute approximate surface area is 117 Å². The van der Waals surface area contributed by atoms with Crippen molar-refractivity contribution in [3.8, 4) is 0 Å². The van der Waals surface area contributed by atoms with Gasteiger partial charge in [0.2, 0.25) is 0 Å². The molecule has 5 heteroatoms. The van der Waals surface area contributed by atoms with Crippen LogP contribution >= 0.6 is 15.9 Å². The number of likely N-dealkylation sites (tertiary alicyclic amines) is 1. The number of rotatable bonds is 3. The van der Waals surface area contributed by atoms with Gasteiger partial charge in [-0.3, -0.25) is 9.58 Å². The normalized spacial score (nSPS) is 25.6.